The van der Waals surface area contributed by atoms with Crippen molar-refractivity contribution in [3.63, 3.8) is 0 Å². The van der Waals surface area contributed by atoms with Crippen molar-refractivity contribution >= 4 is 5.97 Å². The minimum atomic E-state index is -0.955. The Morgan fingerprint density at radius 2 is 1.95 bits per heavy atom. The number of aromatic nitrogens is 2. The number of aromatic carboxylic acids is 1. The number of carbonyl (C=O) groups is 1. The van der Waals surface area contributed by atoms with E-state index in [0.29, 0.717) is 5.69 Å². The largest absolute Gasteiger partial charge is 0.497 e. The first-order chi connectivity index (χ1) is 9.04. The van der Waals surface area contributed by atoms with E-state index < -0.39 is 5.97 Å². The van der Waals surface area contributed by atoms with Crippen molar-refractivity contribution in [1.29, 1.82) is 0 Å². The summed E-state index contributed by atoms with van der Waals surface area (Å²) < 4.78 is 6.76. The first-order valence-corrected chi connectivity index (χ1v) is 6.00. The normalized spacial score (nSPS) is 10.7. The van der Waals surface area contributed by atoms with Crippen LogP contribution in [0.4, 0.5) is 0 Å². The summed E-state index contributed by atoms with van der Waals surface area (Å²) in [7, 11) is 1.60. The maximum Gasteiger partial charge on any atom is 0.339 e. The number of nitrogens with zero attached hydrogens (tertiary/aromatic N) is 2. The first-order valence-electron chi connectivity index (χ1n) is 6.00. The summed E-state index contributed by atoms with van der Waals surface area (Å²) in [6.07, 6.45) is 1.39. The van der Waals surface area contributed by atoms with Gasteiger partial charge in [-0.3, -0.25) is 0 Å². The van der Waals surface area contributed by atoms with Crippen LogP contribution < -0.4 is 4.74 Å². The van der Waals surface area contributed by atoms with Gasteiger partial charge in [-0.1, -0.05) is 13.8 Å². The number of hydrogen-bond donors (Lipinski definition) is 1. The summed E-state index contributed by atoms with van der Waals surface area (Å²) in [6, 6.07) is 7.34. The molecule has 0 aliphatic carbocycles. The van der Waals surface area contributed by atoms with Crippen LogP contribution in [0.3, 0.4) is 0 Å². The Kier molecular flexibility index (Phi) is 3.55. The average molecular weight is 260 g/mol. The Labute approximate surface area is 111 Å². The molecule has 0 bridgehead atoms. The molecule has 1 aromatic carbocycles. The smallest absolute Gasteiger partial charge is 0.339 e. The van der Waals surface area contributed by atoms with Gasteiger partial charge in [0.15, 0.2) is 0 Å². The summed E-state index contributed by atoms with van der Waals surface area (Å²) >= 11 is 0. The van der Waals surface area contributed by atoms with Crippen molar-refractivity contribution in [3.8, 4) is 11.4 Å². The molecule has 100 valence electrons. The van der Waals surface area contributed by atoms with E-state index in [-0.39, 0.29) is 11.5 Å². The maximum absolute atomic E-state index is 11.2. The van der Waals surface area contributed by atoms with Gasteiger partial charge >= 0.3 is 5.97 Å². The third-order valence-corrected chi connectivity index (χ3v) is 2.90. The second-order valence-corrected chi connectivity index (χ2v) is 4.51. The van der Waals surface area contributed by atoms with Crippen LogP contribution in [0, 0.1) is 0 Å². The molecule has 0 unspecified atom stereocenters. The standard InChI is InChI=1S/C14H16N2O3/c1-9(2)13-12(14(17)18)8-15-16(13)10-4-6-11(19-3)7-5-10/h4-9H,1-3H3,(H,17,18). The van der Waals surface area contributed by atoms with Crippen molar-refractivity contribution in [2.24, 2.45) is 0 Å². The Balaban J connectivity index is 2.52. The predicted molar refractivity (Wildman–Crippen MR) is 71.2 cm³/mol. The Hall–Kier alpha value is -2.30. The van der Waals surface area contributed by atoms with E-state index in [1.165, 1.54) is 6.20 Å². The Morgan fingerprint density at radius 1 is 1.32 bits per heavy atom. The van der Waals surface area contributed by atoms with Gasteiger partial charge in [-0.05, 0) is 30.2 Å². The van der Waals surface area contributed by atoms with Gasteiger partial charge in [0.2, 0.25) is 0 Å². The molecule has 0 aliphatic rings. The zero-order chi connectivity index (χ0) is 14.0. The second-order valence-electron chi connectivity index (χ2n) is 4.51. The van der Waals surface area contributed by atoms with E-state index in [1.807, 2.05) is 38.1 Å². The first kappa shape index (κ1) is 13.1. The predicted octanol–water partition coefficient (Wildman–Crippen LogP) is 2.70. The lowest BCUT2D eigenvalue weighted by atomic mass is 10.1. The lowest BCUT2D eigenvalue weighted by Gasteiger charge is -2.11. The van der Waals surface area contributed by atoms with E-state index in [2.05, 4.69) is 5.10 Å². The summed E-state index contributed by atoms with van der Waals surface area (Å²) in [5.41, 5.74) is 1.75. The van der Waals surface area contributed by atoms with Crippen LogP contribution in [0.1, 0.15) is 35.8 Å². The number of carboxylic acids is 1. The number of carboxylic acid groups (broad SMARTS) is 1. The monoisotopic (exact) mass is 260 g/mol. The zero-order valence-corrected chi connectivity index (χ0v) is 11.1. The Bertz CT molecular complexity index is 585. The van der Waals surface area contributed by atoms with Gasteiger partial charge in [0.1, 0.15) is 11.3 Å². The molecule has 2 rings (SSSR count). The molecule has 5 nitrogen and oxygen atoms in total. The van der Waals surface area contributed by atoms with E-state index in [0.717, 1.165) is 11.4 Å². The molecule has 0 fully saturated rings. The highest BCUT2D eigenvalue weighted by Gasteiger charge is 2.20. The van der Waals surface area contributed by atoms with Crippen molar-refractivity contribution < 1.29 is 14.6 Å². The second kappa shape index (κ2) is 5.14. The van der Waals surface area contributed by atoms with Crippen LogP contribution in [0.25, 0.3) is 5.69 Å². The number of hydrogen-bond acceptors (Lipinski definition) is 3. The fraction of sp³-hybridized carbons (Fsp3) is 0.286. The lowest BCUT2D eigenvalue weighted by Crippen LogP contribution is -2.08. The summed E-state index contributed by atoms with van der Waals surface area (Å²) in [4.78, 5) is 11.2. The van der Waals surface area contributed by atoms with Crippen molar-refractivity contribution in [2.45, 2.75) is 19.8 Å². The molecule has 1 heterocycles. The maximum atomic E-state index is 11.2. The highest BCUT2D eigenvalue weighted by Crippen LogP contribution is 2.24. The van der Waals surface area contributed by atoms with E-state index in [4.69, 9.17) is 4.74 Å². The molecule has 0 saturated heterocycles. The minimum absolute atomic E-state index is 0.0655. The van der Waals surface area contributed by atoms with E-state index in [1.54, 1.807) is 11.8 Å². The van der Waals surface area contributed by atoms with Gasteiger partial charge in [-0.25, -0.2) is 9.48 Å². The number of ether oxygens (including phenoxy) is 1. The average Bonchev–Trinajstić information content (AvgIpc) is 2.83. The molecule has 0 saturated carbocycles. The van der Waals surface area contributed by atoms with Crippen LogP contribution in [0.5, 0.6) is 5.75 Å². The van der Waals surface area contributed by atoms with Crippen LogP contribution in [-0.2, 0) is 0 Å². The Morgan fingerprint density at radius 3 is 2.42 bits per heavy atom. The van der Waals surface area contributed by atoms with Crippen LogP contribution in [0.2, 0.25) is 0 Å². The van der Waals surface area contributed by atoms with Crippen LogP contribution in [0.15, 0.2) is 30.5 Å². The van der Waals surface area contributed by atoms with Crippen molar-refractivity contribution in [2.75, 3.05) is 7.11 Å². The topological polar surface area (TPSA) is 64.4 Å². The summed E-state index contributed by atoms with van der Waals surface area (Å²) in [5, 5.41) is 13.4. The van der Waals surface area contributed by atoms with Gasteiger partial charge in [-0.2, -0.15) is 5.10 Å². The molecule has 0 atom stereocenters. The molecule has 19 heavy (non-hydrogen) atoms. The number of benzene rings is 1. The molecule has 1 N–H and O–H groups in total. The highest BCUT2D eigenvalue weighted by atomic mass is 16.5. The van der Waals surface area contributed by atoms with E-state index in [9.17, 15) is 9.90 Å². The molecule has 0 amide bonds. The van der Waals surface area contributed by atoms with Gasteiger partial charge in [0.05, 0.1) is 24.7 Å². The minimum Gasteiger partial charge on any atom is -0.497 e. The fourth-order valence-electron chi connectivity index (χ4n) is 2.01. The molecule has 2 aromatic rings. The van der Waals surface area contributed by atoms with Crippen molar-refractivity contribution in [1.82, 2.24) is 9.78 Å². The molecule has 0 radical (unpaired) electrons. The lowest BCUT2D eigenvalue weighted by molar-refractivity contribution is 0.0695. The van der Waals surface area contributed by atoms with Gasteiger partial charge in [0, 0.05) is 0 Å². The molecule has 0 aliphatic heterocycles. The molecule has 1 aromatic heterocycles. The third kappa shape index (κ3) is 2.45. The molecular formula is C14H16N2O3. The SMILES string of the molecule is COc1ccc(-n2ncc(C(=O)O)c2C(C)C)cc1. The van der Waals surface area contributed by atoms with Gasteiger partial charge in [-0.15, -0.1) is 0 Å². The van der Waals surface area contributed by atoms with Crippen molar-refractivity contribution in [3.05, 3.63) is 41.7 Å². The third-order valence-electron chi connectivity index (χ3n) is 2.90. The fourth-order valence-corrected chi connectivity index (χ4v) is 2.01. The quantitative estimate of drug-likeness (QED) is 0.918. The van der Waals surface area contributed by atoms with Crippen LogP contribution in [-0.4, -0.2) is 28.0 Å². The number of rotatable bonds is 4. The summed E-state index contributed by atoms with van der Waals surface area (Å²) in [6.45, 7) is 3.90. The molecule has 0 spiro atoms. The van der Waals surface area contributed by atoms with E-state index >= 15 is 0 Å². The highest BCUT2D eigenvalue weighted by molar-refractivity contribution is 5.89. The van der Waals surface area contributed by atoms with Gasteiger partial charge < -0.3 is 9.84 Å². The summed E-state index contributed by atoms with van der Waals surface area (Å²) in [5.74, 6) is -0.139. The van der Waals surface area contributed by atoms with Gasteiger partial charge in [0.25, 0.3) is 0 Å². The zero-order valence-electron chi connectivity index (χ0n) is 11.1. The van der Waals surface area contributed by atoms with Crippen LogP contribution >= 0.6 is 0 Å². The molecular weight excluding hydrogens is 244 g/mol. The number of methoxy groups -OCH3 is 1. The molecule has 5 heteroatoms.